The molecule has 27 heavy (non-hydrogen) atoms. The molecular weight excluding hydrogens is 346 g/mol. The third-order valence-electron chi connectivity index (χ3n) is 4.90. The van der Waals surface area contributed by atoms with Crippen molar-refractivity contribution in [1.82, 2.24) is 9.80 Å². The van der Waals surface area contributed by atoms with Gasteiger partial charge in [0.15, 0.2) is 0 Å². The third-order valence-corrected chi connectivity index (χ3v) is 4.90. The Labute approximate surface area is 155 Å². The molecule has 7 nitrogen and oxygen atoms in total. The van der Waals surface area contributed by atoms with Crippen LogP contribution >= 0.6 is 0 Å². The first kappa shape index (κ1) is 17.0. The topological polar surface area (TPSA) is 78.0 Å². The van der Waals surface area contributed by atoms with Crippen LogP contribution in [0.5, 0.6) is 0 Å². The van der Waals surface area contributed by atoms with Crippen molar-refractivity contribution in [2.75, 3.05) is 32.1 Å². The molecule has 2 aromatic rings. The van der Waals surface area contributed by atoms with Crippen LogP contribution in [0.2, 0.25) is 0 Å². The molecule has 2 aliphatic rings. The van der Waals surface area contributed by atoms with Gasteiger partial charge in [0.05, 0.1) is 0 Å². The minimum atomic E-state index is -0.435. The fraction of sp³-hybridized carbons (Fsp3) is 0.200. The second-order valence-corrected chi connectivity index (χ2v) is 6.68. The van der Waals surface area contributed by atoms with Gasteiger partial charge >= 0.3 is 0 Å². The molecule has 0 bridgehead atoms. The van der Waals surface area contributed by atoms with Crippen LogP contribution in [-0.2, 0) is 9.59 Å². The standard InChI is InChI=1S/C20H17N3O4/c1-21(2)15-7-6-14-18-12(15)4-3-5-13(18)19(26)23(20(14)27)11-10-22-16(24)8-9-17(22)25/h3-9H,10-11H2,1-2H3. The second kappa shape index (κ2) is 6.05. The molecule has 0 fully saturated rings. The maximum absolute atomic E-state index is 13.0. The zero-order valence-electron chi connectivity index (χ0n) is 14.9. The summed E-state index contributed by atoms with van der Waals surface area (Å²) >= 11 is 0. The Morgan fingerprint density at radius 1 is 0.778 bits per heavy atom. The molecule has 0 aliphatic carbocycles. The number of carbonyl (C=O) groups is 4. The number of anilines is 1. The van der Waals surface area contributed by atoms with E-state index in [0.29, 0.717) is 16.5 Å². The van der Waals surface area contributed by atoms with E-state index in [1.54, 1.807) is 18.2 Å². The Bertz CT molecular complexity index is 1010. The van der Waals surface area contributed by atoms with Gasteiger partial charge in [0.25, 0.3) is 23.6 Å². The number of rotatable bonds is 4. The number of hydrogen-bond donors (Lipinski definition) is 0. The summed E-state index contributed by atoms with van der Waals surface area (Å²) in [5.41, 5.74) is 1.81. The summed E-state index contributed by atoms with van der Waals surface area (Å²) in [6.45, 7) is -0.0642. The minimum Gasteiger partial charge on any atom is -0.377 e. The molecule has 2 aromatic carbocycles. The average Bonchev–Trinajstić information content (AvgIpc) is 2.97. The van der Waals surface area contributed by atoms with E-state index < -0.39 is 23.6 Å². The molecule has 2 aliphatic heterocycles. The van der Waals surface area contributed by atoms with Gasteiger partial charge in [-0.25, -0.2) is 0 Å². The zero-order valence-corrected chi connectivity index (χ0v) is 14.9. The van der Waals surface area contributed by atoms with Gasteiger partial charge in [-0.05, 0) is 18.2 Å². The Kier molecular flexibility index (Phi) is 3.80. The molecule has 0 saturated carbocycles. The minimum absolute atomic E-state index is 0.0246. The molecule has 0 radical (unpaired) electrons. The predicted molar refractivity (Wildman–Crippen MR) is 99.5 cm³/mol. The lowest BCUT2D eigenvalue weighted by molar-refractivity contribution is -0.136. The number of hydrogen-bond acceptors (Lipinski definition) is 5. The molecule has 136 valence electrons. The second-order valence-electron chi connectivity index (χ2n) is 6.68. The van der Waals surface area contributed by atoms with Gasteiger partial charge in [0.1, 0.15) is 0 Å². The van der Waals surface area contributed by atoms with Crippen LogP contribution in [0.4, 0.5) is 5.69 Å². The summed E-state index contributed by atoms with van der Waals surface area (Å²) in [6, 6.07) is 8.95. The SMILES string of the molecule is CN(C)c1ccc2c3c(cccc13)C(=O)N(CCN1C(=O)C=CC1=O)C2=O. The van der Waals surface area contributed by atoms with Gasteiger partial charge in [0.2, 0.25) is 0 Å². The van der Waals surface area contributed by atoms with Crippen molar-refractivity contribution in [2.45, 2.75) is 0 Å². The van der Waals surface area contributed by atoms with Gasteiger partial charge in [-0.15, -0.1) is 0 Å². The van der Waals surface area contributed by atoms with Crippen LogP contribution in [0.3, 0.4) is 0 Å². The van der Waals surface area contributed by atoms with Gasteiger partial charge in [-0.2, -0.15) is 0 Å². The predicted octanol–water partition coefficient (Wildman–Crippen LogP) is 1.43. The highest BCUT2D eigenvalue weighted by molar-refractivity contribution is 6.26. The molecular formula is C20H17N3O4. The lowest BCUT2D eigenvalue weighted by atomic mass is 9.93. The van der Waals surface area contributed by atoms with Crippen LogP contribution in [0.25, 0.3) is 10.8 Å². The zero-order chi connectivity index (χ0) is 19.3. The summed E-state index contributed by atoms with van der Waals surface area (Å²) in [7, 11) is 3.81. The van der Waals surface area contributed by atoms with Crippen LogP contribution in [-0.4, -0.2) is 60.6 Å². The lowest BCUT2D eigenvalue weighted by Gasteiger charge is -2.29. The number of nitrogens with zero attached hydrogens (tertiary/aromatic N) is 3. The number of amides is 4. The third kappa shape index (κ3) is 2.51. The van der Waals surface area contributed by atoms with E-state index >= 15 is 0 Å². The van der Waals surface area contributed by atoms with Crippen LogP contribution in [0.15, 0.2) is 42.5 Å². The highest BCUT2D eigenvalue weighted by atomic mass is 16.2. The highest BCUT2D eigenvalue weighted by Crippen LogP contribution is 2.35. The fourth-order valence-corrected chi connectivity index (χ4v) is 3.58. The van der Waals surface area contributed by atoms with Gasteiger partial charge in [-0.3, -0.25) is 29.0 Å². The summed E-state index contributed by atoms with van der Waals surface area (Å²) in [4.78, 5) is 53.4. The molecule has 0 atom stereocenters. The largest absolute Gasteiger partial charge is 0.377 e. The first-order chi connectivity index (χ1) is 12.9. The lowest BCUT2D eigenvalue weighted by Crippen LogP contribution is -2.45. The smallest absolute Gasteiger partial charge is 0.261 e. The molecule has 4 amide bonds. The quantitative estimate of drug-likeness (QED) is 0.768. The molecule has 7 heteroatoms. The van der Waals surface area contributed by atoms with E-state index in [1.165, 1.54) is 12.2 Å². The molecule has 0 aromatic heterocycles. The Balaban J connectivity index is 1.71. The number of carbonyl (C=O) groups excluding carboxylic acids is 4. The van der Waals surface area contributed by atoms with E-state index in [1.807, 2.05) is 31.1 Å². The average molecular weight is 363 g/mol. The molecule has 0 N–H and O–H groups in total. The molecule has 4 rings (SSSR count). The summed E-state index contributed by atoms with van der Waals surface area (Å²) in [5.74, 6) is -1.70. The first-order valence-electron chi connectivity index (χ1n) is 8.53. The summed E-state index contributed by atoms with van der Waals surface area (Å²) in [6.07, 6.45) is 2.36. The van der Waals surface area contributed by atoms with Crippen LogP contribution in [0.1, 0.15) is 20.7 Å². The molecule has 2 heterocycles. The Hall–Kier alpha value is -3.48. The molecule has 0 unspecified atom stereocenters. The van der Waals surface area contributed by atoms with Crippen LogP contribution < -0.4 is 4.90 Å². The molecule has 0 saturated heterocycles. The van der Waals surface area contributed by atoms with Crippen molar-refractivity contribution in [2.24, 2.45) is 0 Å². The van der Waals surface area contributed by atoms with E-state index in [0.717, 1.165) is 20.9 Å². The van der Waals surface area contributed by atoms with Crippen molar-refractivity contribution >= 4 is 40.1 Å². The van der Waals surface area contributed by atoms with Crippen molar-refractivity contribution in [3.8, 4) is 0 Å². The van der Waals surface area contributed by atoms with E-state index in [-0.39, 0.29) is 13.1 Å². The van der Waals surface area contributed by atoms with Gasteiger partial charge < -0.3 is 4.90 Å². The van der Waals surface area contributed by atoms with Crippen molar-refractivity contribution in [1.29, 1.82) is 0 Å². The number of imide groups is 2. The van der Waals surface area contributed by atoms with Crippen molar-refractivity contribution in [3.05, 3.63) is 53.6 Å². The summed E-state index contributed by atoms with van der Waals surface area (Å²) in [5, 5.41) is 1.48. The number of benzene rings is 2. The van der Waals surface area contributed by atoms with E-state index in [2.05, 4.69) is 0 Å². The van der Waals surface area contributed by atoms with Crippen molar-refractivity contribution < 1.29 is 19.2 Å². The molecule has 0 spiro atoms. The van der Waals surface area contributed by atoms with Gasteiger partial charge in [-0.1, -0.05) is 12.1 Å². The Morgan fingerprint density at radius 2 is 1.37 bits per heavy atom. The van der Waals surface area contributed by atoms with Gasteiger partial charge in [0, 0.05) is 66.9 Å². The highest BCUT2D eigenvalue weighted by Gasteiger charge is 2.34. The van der Waals surface area contributed by atoms with E-state index in [4.69, 9.17) is 0 Å². The maximum Gasteiger partial charge on any atom is 0.261 e. The van der Waals surface area contributed by atoms with Crippen LogP contribution in [0, 0.1) is 0 Å². The van der Waals surface area contributed by atoms with E-state index in [9.17, 15) is 19.2 Å². The fourth-order valence-electron chi connectivity index (χ4n) is 3.58. The maximum atomic E-state index is 13.0. The summed E-state index contributed by atoms with van der Waals surface area (Å²) < 4.78 is 0. The normalized spacial score (nSPS) is 16.1. The monoisotopic (exact) mass is 363 g/mol. The first-order valence-corrected chi connectivity index (χ1v) is 8.53. The Morgan fingerprint density at radius 3 is 2.00 bits per heavy atom. The van der Waals surface area contributed by atoms with Crippen molar-refractivity contribution in [3.63, 3.8) is 0 Å².